The lowest BCUT2D eigenvalue weighted by Crippen LogP contribution is -2.44. The molecule has 0 aromatic carbocycles. The van der Waals surface area contributed by atoms with Crippen molar-refractivity contribution in [2.75, 3.05) is 19.7 Å². The fourth-order valence-electron chi connectivity index (χ4n) is 2.28. The van der Waals surface area contributed by atoms with Gasteiger partial charge in [0.25, 0.3) is 0 Å². The Kier molecular flexibility index (Phi) is 13.0. The molecule has 0 unspecified atom stereocenters. The minimum absolute atomic E-state index is 0.0578. The highest BCUT2D eigenvalue weighted by molar-refractivity contribution is 5.81. The van der Waals surface area contributed by atoms with Crippen LogP contribution in [-0.2, 0) is 4.79 Å². The second-order valence-electron chi connectivity index (χ2n) is 5.57. The maximum absolute atomic E-state index is 12.3. The van der Waals surface area contributed by atoms with Crippen LogP contribution in [0.25, 0.3) is 0 Å². The normalized spacial score (nSPS) is 12.4. The second kappa shape index (κ2) is 13.4. The zero-order valence-corrected chi connectivity index (χ0v) is 13.4. The van der Waals surface area contributed by atoms with E-state index < -0.39 is 0 Å². The molecule has 0 aliphatic carbocycles. The fourth-order valence-corrected chi connectivity index (χ4v) is 2.28. The third kappa shape index (κ3) is 9.32. The van der Waals surface area contributed by atoms with E-state index in [9.17, 15) is 4.79 Å². The van der Waals surface area contributed by atoms with E-state index in [4.69, 9.17) is 10.8 Å². The molecule has 4 heteroatoms. The molecule has 1 atom stereocenters. The summed E-state index contributed by atoms with van der Waals surface area (Å²) in [7, 11) is 0. The molecule has 1 amide bonds. The van der Waals surface area contributed by atoms with Crippen molar-refractivity contribution < 1.29 is 9.90 Å². The summed E-state index contributed by atoms with van der Waals surface area (Å²) in [5.74, 6) is 0.0578. The molecule has 0 heterocycles. The van der Waals surface area contributed by atoms with Gasteiger partial charge in [0.1, 0.15) is 0 Å². The van der Waals surface area contributed by atoms with Gasteiger partial charge in [-0.05, 0) is 19.3 Å². The van der Waals surface area contributed by atoms with Crippen LogP contribution in [0.15, 0.2) is 0 Å². The third-order valence-corrected chi connectivity index (χ3v) is 3.62. The van der Waals surface area contributed by atoms with Gasteiger partial charge in [0.2, 0.25) is 5.91 Å². The van der Waals surface area contributed by atoms with Crippen molar-refractivity contribution in [1.29, 1.82) is 0 Å². The van der Waals surface area contributed by atoms with Gasteiger partial charge in [-0.15, -0.1) is 0 Å². The monoisotopic (exact) mass is 286 g/mol. The maximum Gasteiger partial charge on any atom is 0.239 e. The third-order valence-electron chi connectivity index (χ3n) is 3.62. The van der Waals surface area contributed by atoms with Crippen molar-refractivity contribution in [3.05, 3.63) is 0 Å². The van der Waals surface area contributed by atoms with Crippen molar-refractivity contribution in [2.45, 2.75) is 77.7 Å². The average molecular weight is 286 g/mol. The first-order chi connectivity index (χ1) is 9.67. The number of aliphatic hydroxyl groups is 1. The number of carbonyl (C=O) groups is 1. The van der Waals surface area contributed by atoms with Gasteiger partial charge in [0.15, 0.2) is 0 Å². The van der Waals surface area contributed by atoms with Crippen molar-refractivity contribution in [3.63, 3.8) is 0 Å². The fraction of sp³-hybridized carbons (Fsp3) is 0.938. The van der Waals surface area contributed by atoms with Crippen LogP contribution in [0, 0.1) is 0 Å². The van der Waals surface area contributed by atoms with Gasteiger partial charge in [-0.3, -0.25) is 4.79 Å². The van der Waals surface area contributed by atoms with Gasteiger partial charge >= 0.3 is 0 Å². The van der Waals surface area contributed by atoms with E-state index in [1.54, 1.807) is 0 Å². The minimum atomic E-state index is -0.371. The maximum atomic E-state index is 12.3. The predicted octanol–water partition coefficient (Wildman–Crippen LogP) is 2.69. The molecule has 0 aliphatic rings. The largest absolute Gasteiger partial charge is 0.396 e. The number of hydrogen-bond acceptors (Lipinski definition) is 3. The van der Waals surface area contributed by atoms with E-state index in [0.717, 1.165) is 32.2 Å². The lowest BCUT2D eigenvalue weighted by atomic mass is 10.1. The minimum Gasteiger partial charge on any atom is -0.396 e. The molecule has 0 aromatic heterocycles. The molecule has 0 saturated carbocycles. The zero-order chi connectivity index (χ0) is 15.2. The van der Waals surface area contributed by atoms with Crippen LogP contribution < -0.4 is 5.73 Å². The number of carbonyl (C=O) groups excluding carboxylic acids is 1. The van der Waals surface area contributed by atoms with Crippen LogP contribution in [0.4, 0.5) is 0 Å². The van der Waals surface area contributed by atoms with Crippen LogP contribution in [-0.4, -0.2) is 41.7 Å². The molecule has 0 rings (SSSR count). The summed E-state index contributed by atoms with van der Waals surface area (Å²) in [6.07, 6.45) is 9.41. The van der Waals surface area contributed by atoms with E-state index in [1.807, 2.05) is 4.90 Å². The van der Waals surface area contributed by atoms with Gasteiger partial charge in [-0.2, -0.15) is 0 Å². The number of aliphatic hydroxyl groups excluding tert-OH is 1. The number of unbranched alkanes of at least 4 members (excludes halogenated alkanes) is 5. The molecule has 0 aliphatic heterocycles. The molecule has 0 aromatic rings. The first-order valence-electron chi connectivity index (χ1n) is 8.32. The smallest absolute Gasteiger partial charge is 0.239 e. The van der Waals surface area contributed by atoms with Crippen LogP contribution in [0.5, 0.6) is 0 Å². The molecule has 0 saturated heterocycles. The number of rotatable bonds is 13. The standard InChI is InChI=1S/C16H34N2O2/c1-3-5-7-8-9-12-18(13-10-14-19)16(20)15(17)11-6-4-2/h15,19H,3-14,17H2,1-2H3/t15-/m0/s1. The molecule has 3 N–H and O–H groups in total. The Morgan fingerprint density at radius 3 is 2.20 bits per heavy atom. The highest BCUT2D eigenvalue weighted by atomic mass is 16.3. The molecule has 0 bridgehead atoms. The molecule has 0 spiro atoms. The topological polar surface area (TPSA) is 66.6 Å². The highest BCUT2D eigenvalue weighted by Crippen LogP contribution is 2.08. The Morgan fingerprint density at radius 1 is 1.00 bits per heavy atom. The SMILES string of the molecule is CCCCCCCN(CCCO)C(=O)[C@@H](N)CCCC. The summed E-state index contributed by atoms with van der Waals surface area (Å²) < 4.78 is 0. The second-order valence-corrected chi connectivity index (χ2v) is 5.57. The lowest BCUT2D eigenvalue weighted by molar-refractivity contribution is -0.133. The summed E-state index contributed by atoms with van der Waals surface area (Å²) in [5, 5.41) is 8.95. The molecule has 0 radical (unpaired) electrons. The van der Waals surface area contributed by atoms with Crippen LogP contribution in [0.1, 0.15) is 71.6 Å². The van der Waals surface area contributed by atoms with Gasteiger partial charge in [0.05, 0.1) is 6.04 Å². The Balaban J connectivity index is 4.13. The van der Waals surface area contributed by atoms with Crippen LogP contribution >= 0.6 is 0 Å². The molecular formula is C16H34N2O2. The quantitative estimate of drug-likeness (QED) is 0.512. The van der Waals surface area contributed by atoms with Gasteiger partial charge in [-0.1, -0.05) is 52.4 Å². The van der Waals surface area contributed by atoms with Crippen LogP contribution in [0.3, 0.4) is 0 Å². The van der Waals surface area contributed by atoms with E-state index in [-0.39, 0.29) is 18.6 Å². The molecule has 20 heavy (non-hydrogen) atoms. The van der Waals surface area contributed by atoms with Crippen molar-refractivity contribution in [1.82, 2.24) is 4.90 Å². The first-order valence-corrected chi connectivity index (χ1v) is 8.32. The summed E-state index contributed by atoms with van der Waals surface area (Å²) in [5.41, 5.74) is 5.97. The van der Waals surface area contributed by atoms with E-state index in [0.29, 0.717) is 13.0 Å². The van der Waals surface area contributed by atoms with Crippen molar-refractivity contribution in [2.24, 2.45) is 5.73 Å². The van der Waals surface area contributed by atoms with Gasteiger partial charge < -0.3 is 15.7 Å². The summed E-state index contributed by atoms with van der Waals surface area (Å²) in [6.45, 7) is 5.84. The number of nitrogens with zero attached hydrogens (tertiary/aromatic N) is 1. The molecular weight excluding hydrogens is 252 g/mol. The number of hydrogen-bond donors (Lipinski definition) is 2. The Bertz CT molecular complexity index is 235. The average Bonchev–Trinajstić information content (AvgIpc) is 2.46. The van der Waals surface area contributed by atoms with Crippen molar-refractivity contribution >= 4 is 5.91 Å². The summed E-state index contributed by atoms with van der Waals surface area (Å²) in [4.78, 5) is 14.1. The van der Waals surface area contributed by atoms with E-state index in [2.05, 4.69) is 13.8 Å². The number of nitrogens with two attached hydrogens (primary N) is 1. The Morgan fingerprint density at radius 2 is 1.60 bits per heavy atom. The van der Waals surface area contributed by atoms with E-state index in [1.165, 1.54) is 25.7 Å². The molecule has 120 valence electrons. The van der Waals surface area contributed by atoms with E-state index >= 15 is 0 Å². The zero-order valence-electron chi connectivity index (χ0n) is 13.4. The van der Waals surface area contributed by atoms with Crippen molar-refractivity contribution in [3.8, 4) is 0 Å². The Hall–Kier alpha value is -0.610. The van der Waals surface area contributed by atoms with Gasteiger partial charge in [0, 0.05) is 19.7 Å². The summed E-state index contributed by atoms with van der Waals surface area (Å²) in [6, 6.07) is -0.371. The molecule has 0 fully saturated rings. The number of amides is 1. The summed E-state index contributed by atoms with van der Waals surface area (Å²) >= 11 is 0. The van der Waals surface area contributed by atoms with Crippen LogP contribution in [0.2, 0.25) is 0 Å². The first kappa shape index (κ1) is 19.4. The lowest BCUT2D eigenvalue weighted by Gasteiger charge is -2.25. The van der Waals surface area contributed by atoms with Gasteiger partial charge in [-0.25, -0.2) is 0 Å². The predicted molar refractivity (Wildman–Crippen MR) is 84.5 cm³/mol. The Labute approximate surface area is 124 Å². The molecule has 4 nitrogen and oxygen atoms in total. The highest BCUT2D eigenvalue weighted by Gasteiger charge is 2.19.